The first-order chi connectivity index (χ1) is 5.18. The monoisotopic (exact) mass is 160 g/mol. The Bertz CT molecular complexity index is 79.6. The highest BCUT2D eigenvalue weighted by atomic mass is 16.3. The van der Waals surface area contributed by atoms with Crippen LogP contribution < -0.4 is 0 Å². The Balaban J connectivity index is 0. The van der Waals surface area contributed by atoms with Gasteiger partial charge in [0.2, 0.25) is 0 Å². The lowest BCUT2D eigenvalue weighted by atomic mass is 10.3. The summed E-state index contributed by atoms with van der Waals surface area (Å²) in [7, 11) is 0. The average Bonchev–Trinajstić information content (AvgIpc) is 2.02. The van der Waals surface area contributed by atoms with Crippen molar-refractivity contribution in [3.63, 3.8) is 0 Å². The fraction of sp³-hybridized carbons (Fsp3) is 0.778. The van der Waals surface area contributed by atoms with E-state index in [9.17, 15) is 0 Å². The molecule has 0 atom stereocenters. The summed E-state index contributed by atoms with van der Waals surface area (Å²) in [6.07, 6.45) is 3.52. The molecule has 0 bridgehead atoms. The maximum Gasteiger partial charge on any atom is 0.0431 e. The van der Waals surface area contributed by atoms with Crippen molar-refractivity contribution in [3.05, 3.63) is 11.6 Å². The van der Waals surface area contributed by atoms with Crippen LogP contribution in [-0.2, 0) is 0 Å². The third kappa shape index (κ3) is 26.1. The van der Waals surface area contributed by atoms with Crippen LogP contribution in [0.15, 0.2) is 11.6 Å². The highest BCUT2D eigenvalue weighted by Gasteiger charge is 1.77. The van der Waals surface area contributed by atoms with Gasteiger partial charge in [0.05, 0.1) is 0 Å². The van der Waals surface area contributed by atoms with Gasteiger partial charge >= 0.3 is 0 Å². The summed E-state index contributed by atoms with van der Waals surface area (Å²) in [5.41, 5.74) is 1.38. The normalized spacial score (nSPS) is 8.09. The summed E-state index contributed by atoms with van der Waals surface area (Å²) in [5, 5.41) is 16.2. The Hall–Kier alpha value is -0.340. The number of hydrogen-bond acceptors (Lipinski definition) is 2. The van der Waals surface area contributed by atoms with Crippen molar-refractivity contribution in [1.29, 1.82) is 0 Å². The van der Waals surface area contributed by atoms with E-state index in [4.69, 9.17) is 10.2 Å². The highest BCUT2D eigenvalue weighted by molar-refractivity contribution is 4.88. The van der Waals surface area contributed by atoms with Gasteiger partial charge in [0.25, 0.3) is 0 Å². The van der Waals surface area contributed by atoms with E-state index in [1.807, 2.05) is 6.92 Å². The third-order valence-corrected chi connectivity index (χ3v) is 1.14. The van der Waals surface area contributed by atoms with E-state index in [1.54, 1.807) is 0 Å². The molecular weight excluding hydrogens is 140 g/mol. The Labute approximate surface area is 69.6 Å². The van der Waals surface area contributed by atoms with E-state index in [0.29, 0.717) is 0 Å². The first-order valence-corrected chi connectivity index (χ1v) is 4.00. The quantitative estimate of drug-likeness (QED) is 0.487. The van der Waals surface area contributed by atoms with Crippen LogP contribution in [0.1, 0.15) is 33.6 Å². The second-order valence-electron chi connectivity index (χ2n) is 2.52. The largest absolute Gasteiger partial charge is 0.396 e. The second-order valence-corrected chi connectivity index (χ2v) is 2.52. The van der Waals surface area contributed by atoms with E-state index in [-0.39, 0.29) is 13.2 Å². The van der Waals surface area contributed by atoms with Crippen molar-refractivity contribution in [2.75, 3.05) is 13.2 Å². The summed E-state index contributed by atoms with van der Waals surface area (Å²) >= 11 is 0. The van der Waals surface area contributed by atoms with E-state index < -0.39 is 0 Å². The minimum atomic E-state index is 0.195. The van der Waals surface area contributed by atoms with Crippen molar-refractivity contribution in [1.82, 2.24) is 0 Å². The number of aliphatic hydroxyl groups excluding tert-OH is 2. The molecule has 0 aliphatic heterocycles. The Morgan fingerprint density at radius 1 is 1.09 bits per heavy atom. The first-order valence-electron chi connectivity index (χ1n) is 4.00. The van der Waals surface area contributed by atoms with E-state index in [2.05, 4.69) is 19.9 Å². The van der Waals surface area contributed by atoms with Crippen molar-refractivity contribution in [2.45, 2.75) is 33.6 Å². The van der Waals surface area contributed by atoms with Gasteiger partial charge in [-0.3, -0.25) is 0 Å². The lowest BCUT2D eigenvalue weighted by Crippen LogP contribution is -1.85. The summed E-state index contributed by atoms with van der Waals surface area (Å²) in [4.78, 5) is 0. The average molecular weight is 160 g/mol. The van der Waals surface area contributed by atoms with E-state index in [1.165, 1.54) is 5.57 Å². The van der Waals surface area contributed by atoms with Crippen molar-refractivity contribution >= 4 is 0 Å². The predicted molar refractivity (Wildman–Crippen MR) is 48.5 cm³/mol. The van der Waals surface area contributed by atoms with Crippen LogP contribution in [0.2, 0.25) is 0 Å². The summed E-state index contributed by atoms with van der Waals surface area (Å²) in [6, 6.07) is 0. The van der Waals surface area contributed by atoms with Crippen molar-refractivity contribution < 1.29 is 10.2 Å². The van der Waals surface area contributed by atoms with Crippen LogP contribution >= 0.6 is 0 Å². The van der Waals surface area contributed by atoms with Crippen LogP contribution in [0.25, 0.3) is 0 Å². The number of unbranched alkanes of at least 4 members (excludes halogenated alkanes) is 1. The molecule has 0 aromatic carbocycles. The van der Waals surface area contributed by atoms with E-state index in [0.717, 1.165) is 12.8 Å². The molecule has 0 amide bonds. The molecule has 0 saturated heterocycles. The number of rotatable bonds is 3. The minimum Gasteiger partial charge on any atom is -0.396 e. The van der Waals surface area contributed by atoms with Crippen molar-refractivity contribution in [3.8, 4) is 0 Å². The topological polar surface area (TPSA) is 40.5 Å². The molecule has 2 nitrogen and oxygen atoms in total. The van der Waals surface area contributed by atoms with Gasteiger partial charge in [0.15, 0.2) is 0 Å². The third-order valence-electron chi connectivity index (χ3n) is 1.14. The standard InChI is InChI=1S/C5H10.C4H10O2/c1-4-5(2)3;5-3-1-2-4-6/h4H,1-3H3;5-6H,1-4H2. The highest BCUT2D eigenvalue weighted by Crippen LogP contribution is 1.82. The van der Waals surface area contributed by atoms with Gasteiger partial charge < -0.3 is 10.2 Å². The number of hydrogen-bond donors (Lipinski definition) is 2. The molecule has 0 unspecified atom stereocenters. The number of aliphatic hydroxyl groups is 2. The second kappa shape index (κ2) is 12.3. The van der Waals surface area contributed by atoms with Gasteiger partial charge in [-0.15, -0.1) is 0 Å². The van der Waals surface area contributed by atoms with Crippen LogP contribution in [0, 0.1) is 0 Å². The first kappa shape index (κ1) is 13.3. The zero-order valence-corrected chi connectivity index (χ0v) is 7.80. The molecular formula is C9H20O2. The minimum absolute atomic E-state index is 0.195. The predicted octanol–water partition coefficient (Wildman–Crippen LogP) is 1.72. The van der Waals surface area contributed by atoms with Gasteiger partial charge in [0.1, 0.15) is 0 Å². The summed E-state index contributed by atoms with van der Waals surface area (Å²) in [6.45, 7) is 6.59. The van der Waals surface area contributed by atoms with Gasteiger partial charge in [-0.05, 0) is 33.6 Å². The van der Waals surface area contributed by atoms with Crippen LogP contribution in [-0.4, -0.2) is 23.4 Å². The van der Waals surface area contributed by atoms with Gasteiger partial charge in [-0.2, -0.15) is 0 Å². The van der Waals surface area contributed by atoms with Crippen molar-refractivity contribution in [2.24, 2.45) is 0 Å². The molecule has 68 valence electrons. The molecule has 11 heavy (non-hydrogen) atoms. The Morgan fingerprint density at radius 3 is 1.45 bits per heavy atom. The summed E-state index contributed by atoms with van der Waals surface area (Å²) in [5.74, 6) is 0. The molecule has 0 aliphatic rings. The molecule has 0 fully saturated rings. The SMILES string of the molecule is CC=C(C)C.OCCCCO. The molecule has 0 heterocycles. The zero-order chi connectivity index (χ0) is 9.11. The van der Waals surface area contributed by atoms with E-state index >= 15 is 0 Å². The molecule has 0 rings (SSSR count). The fourth-order valence-electron chi connectivity index (χ4n) is 0.224. The smallest absolute Gasteiger partial charge is 0.0431 e. The molecule has 2 heteroatoms. The molecule has 0 aromatic heterocycles. The zero-order valence-electron chi connectivity index (χ0n) is 7.80. The van der Waals surface area contributed by atoms with Crippen LogP contribution in [0.5, 0.6) is 0 Å². The summed E-state index contributed by atoms with van der Waals surface area (Å²) < 4.78 is 0. The molecule has 0 saturated carbocycles. The van der Waals surface area contributed by atoms with Crippen LogP contribution in [0.4, 0.5) is 0 Å². The number of allylic oxidation sites excluding steroid dienone is 2. The Kier molecular flexibility index (Phi) is 14.9. The van der Waals surface area contributed by atoms with Gasteiger partial charge in [0, 0.05) is 13.2 Å². The maximum atomic E-state index is 8.09. The molecule has 0 spiro atoms. The molecule has 0 radical (unpaired) electrons. The molecule has 0 aromatic rings. The fourth-order valence-corrected chi connectivity index (χ4v) is 0.224. The Morgan fingerprint density at radius 2 is 1.36 bits per heavy atom. The van der Waals surface area contributed by atoms with Crippen LogP contribution in [0.3, 0.4) is 0 Å². The molecule has 2 N–H and O–H groups in total. The maximum absolute atomic E-state index is 8.09. The van der Waals surface area contributed by atoms with Gasteiger partial charge in [-0.1, -0.05) is 11.6 Å². The molecule has 0 aliphatic carbocycles. The van der Waals surface area contributed by atoms with Gasteiger partial charge in [-0.25, -0.2) is 0 Å². The lowest BCUT2D eigenvalue weighted by Gasteiger charge is -1.85. The lowest BCUT2D eigenvalue weighted by molar-refractivity contribution is 0.242.